The van der Waals surface area contributed by atoms with Gasteiger partial charge >= 0.3 is 18.0 Å². The number of carbonyl (C=O) groups excluding carboxylic acids is 2. The van der Waals surface area contributed by atoms with Crippen molar-refractivity contribution >= 4 is 11.8 Å². The average molecular weight is 317 g/mol. The van der Waals surface area contributed by atoms with Crippen molar-refractivity contribution < 1.29 is 22.8 Å². The number of alkyl halides is 3. The second kappa shape index (κ2) is 7.77. The third-order valence-corrected chi connectivity index (χ3v) is 3.10. The molecule has 0 saturated carbocycles. The van der Waals surface area contributed by atoms with E-state index in [1.54, 1.807) is 0 Å². The van der Waals surface area contributed by atoms with Crippen molar-refractivity contribution in [2.45, 2.75) is 33.0 Å². The maximum atomic E-state index is 12.4. The van der Waals surface area contributed by atoms with Crippen molar-refractivity contribution in [2.24, 2.45) is 5.92 Å². The first-order valence-corrected chi connectivity index (χ1v) is 6.82. The summed E-state index contributed by atoms with van der Waals surface area (Å²) < 4.78 is 37.1. The summed E-state index contributed by atoms with van der Waals surface area (Å²) in [5, 5.41) is 4.78. The lowest BCUT2D eigenvalue weighted by Crippen LogP contribution is -2.41. The highest BCUT2D eigenvalue weighted by Crippen LogP contribution is 2.28. The highest BCUT2D eigenvalue weighted by molar-refractivity contribution is 6.35. The second-order valence-electron chi connectivity index (χ2n) is 4.94. The molecule has 22 heavy (non-hydrogen) atoms. The number of nitrogens with one attached hydrogen (secondary N) is 2. The lowest BCUT2D eigenvalue weighted by Gasteiger charge is -2.10. The van der Waals surface area contributed by atoms with Gasteiger partial charge in [0.2, 0.25) is 0 Å². The van der Waals surface area contributed by atoms with Crippen LogP contribution in [0.15, 0.2) is 18.3 Å². The average Bonchev–Trinajstić information content (AvgIpc) is 2.49. The third kappa shape index (κ3) is 5.71. The first-order valence-electron chi connectivity index (χ1n) is 6.82. The quantitative estimate of drug-likeness (QED) is 0.815. The van der Waals surface area contributed by atoms with E-state index in [0.717, 1.165) is 18.6 Å². The highest BCUT2D eigenvalue weighted by Gasteiger charge is 2.30. The Kier molecular flexibility index (Phi) is 6.33. The molecular weight excluding hydrogens is 299 g/mol. The van der Waals surface area contributed by atoms with E-state index >= 15 is 0 Å². The van der Waals surface area contributed by atoms with Gasteiger partial charge in [-0.25, -0.2) is 0 Å². The molecule has 1 heterocycles. The topological polar surface area (TPSA) is 71.1 Å². The van der Waals surface area contributed by atoms with Gasteiger partial charge in [0.25, 0.3) is 0 Å². The first kappa shape index (κ1) is 17.9. The van der Waals surface area contributed by atoms with Crippen LogP contribution < -0.4 is 10.6 Å². The van der Waals surface area contributed by atoms with Gasteiger partial charge in [-0.15, -0.1) is 0 Å². The van der Waals surface area contributed by atoms with Crippen LogP contribution in [0.2, 0.25) is 0 Å². The van der Waals surface area contributed by atoms with Crippen molar-refractivity contribution in [1.82, 2.24) is 15.6 Å². The second-order valence-corrected chi connectivity index (χ2v) is 4.94. The molecule has 0 unspecified atom stereocenters. The van der Waals surface area contributed by atoms with Crippen molar-refractivity contribution in [3.05, 3.63) is 29.6 Å². The molecule has 122 valence electrons. The Morgan fingerprint density at radius 1 is 1.23 bits per heavy atom. The smallest absolute Gasteiger partial charge is 0.348 e. The van der Waals surface area contributed by atoms with Crippen LogP contribution in [0.5, 0.6) is 0 Å². The van der Waals surface area contributed by atoms with E-state index in [1.165, 1.54) is 0 Å². The minimum atomic E-state index is -4.45. The summed E-state index contributed by atoms with van der Waals surface area (Å²) in [5.41, 5.74) is -0.634. The molecule has 0 spiro atoms. The van der Waals surface area contributed by atoms with Crippen molar-refractivity contribution in [3.8, 4) is 0 Å². The van der Waals surface area contributed by atoms with Gasteiger partial charge in [-0.2, -0.15) is 13.2 Å². The lowest BCUT2D eigenvalue weighted by atomic mass is 10.1. The maximum absolute atomic E-state index is 12.4. The van der Waals surface area contributed by atoms with Gasteiger partial charge in [0, 0.05) is 12.7 Å². The van der Waals surface area contributed by atoms with Gasteiger partial charge in [0.1, 0.15) is 0 Å². The standard InChI is InChI=1S/C14H18F3N3O2/c1-3-9(2)6-19-12(21)13(22)20-8-11-5-4-10(7-18-11)14(15,16)17/h4-5,7,9H,3,6,8H2,1-2H3,(H,19,21)(H,20,22)/t9-/m1/s1. The minimum Gasteiger partial charge on any atom is -0.348 e. The number of aromatic nitrogens is 1. The molecular formula is C14H18F3N3O2. The van der Waals surface area contributed by atoms with Crippen LogP contribution in [0.25, 0.3) is 0 Å². The Labute approximate surface area is 126 Å². The molecule has 8 heteroatoms. The summed E-state index contributed by atoms with van der Waals surface area (Å²) in [5.74, 6) is -1.36. The molecule has 2 N–H and O–H groups in total. The summed E-state index contributed by atoms with van der Waals surface area (Å²) in [6.07, 6.45) is -2.90. The van der Waals surface area contributed by atoms with Crippen molar-refractivity contribution in [1.29, 1.82) is 0 Å². The zero-order valence-electron chi connectivity index (χ0n) is 12.3. The maximum Gasteiger partial charge on any atom is 0.417 e. The van der Waals surface area contributed by atoms with Crippen LogP contribution in [0, 0.1) is 5.92 Å². The van der Waals surface area contributed by atoms with Crippen LogP contribution in [-0.4, -0.2) is 23.3 Å². The van der Waals surface area contributed by atoms with Gasteiger partial charge in [0.15, 0.2) is 0 Å². The molecule has 0 aromatic carbocycles. The van der Waals surface area contributed by atoms with E-state index in [0.29, 0.717) is 12.7 Å². The predicted octanol–water partition coefficient (Wildman–Crippen LogP) is 1.88. The third-order valence-electron chi connectivity index (χ3n) is 3.10. The molecule has 0 aliphatic heterocycles. The first-order chi connectivity index (χ1) is 10.2. The van der Waals surface area contributed by atoms with Crippen LogP contribution in [-0.2, 0) is 22.3 Å². The number of nitrogens with zero attached hydrogens (tertiary/aromatic N) is 1. The number of amides is 2. The SMILES string of the molecule is CC[C@@H](C)CNC(=O)C(=O)NCc1ccc(C(F)(F)F)cn1. The van der Waals surface area contributed by atoms with E-state index < -0.39 is 23.6 Å². The molecule has 0 aliphatic carbocycles. The molecule has 1 aromatic heterocycles. The zero-order chi connectivity index (χ0) is 16.8. The molecule has 1 rings (SSSR count). The highest BCUT2D eigenvalue weighted by atomic mass is 19.4. The Hall–Kier alpha value is -2.12. The van der Waals surface area contributed by atoms with Crippen molar-refractivity contribution in [2.75, 3.05) is 6.54 Å². The van der Waals surface area contributed by atoms with Gasteiger partial charge in [0.05, 0.1) is 17.8 Å². The van der Waals surface area contributed by atoms with Crippen LogP contribution in [0.1, 0.15) is 31.5 Å². The summed E-state index contributed by atoms with van der Waals surface area (Å²) in [6, 6.07) is 2.03. The summed E-state index contributed by atoms with van der Waals surface area (Å²) in [4.78, 5) is 26.6. The summed E-state index contributed by atoms with van der Waals surface area (Å²) in [7, 11) is 0. The fraction of sp³-hybridized carbons (Fsp3) is 0.500. The van der Waals surface area contributed by atoms with E-state index in [2.05, 4.69) is 15.6 Å². The molecule has 0 radical (unpaired) electrons. The molecule has 5 nitrogen and oxygen atoms in total. The van der Waals surface area contributed by atoms with Gasteiger partial charge in [-0.3, -0.25) is 14.6 Å². The van der Waals surface area contributed by atoms with E-state index in [1.807, 2.05) is 13.8 Å². The zero-order valence-corrected chi connectivity index (χ0v) is 12.3. The minimum absolute atomic E-state index is 0.117. The Balaban J connectivity index is 2.45. The largest absolute Gasteiger partial charge is 0.417 e. The monoisotopic (exact) mass is 317 g/mol. The Morgan fingerprint density at radius 2 is 1.86 bits per heavy atom. The van der Waals surface area contributed by atoms with E-state index in [-0.39, 0.29) is 18.2 Å². The van der Waals surface area contributed by atoms with Crippen LogP contribution >= 0.6 is 0 Å². The van der Waals surface area contributed by atoms with Crippen LogP contribution in [0.4, 0.5) is 13.2 Å². The number of rotatable bonds is 5. The molecule has 1 aromatic rings. The van der Waals surface area contributed by atoms with Gasteiger partial charge in [-0.1, -0.05) is 20.3 Å². The Bertz CT molecular complexity index is 515. The Morgan fingerprint density at radius 3 is 2.36 bits per heavy atom. The van der Waals surface area contributed by atoms with Gasteiger partial charge in [-0.05, 0) is 18.1 Å². The molecule has 0 bridgehead atoms. The van der Waals surface area contributed by atoms with Crippen LogP contribution in [0.3, 0.4) is 0 Å². The van der Waals surface area contributed by atoms with Gasteiger partial charge < -0.3 is 10.6 Å². The molecule has 2 amide bonds. The normalized spacial score (nSPS) is 12.6. The number of pyridine rings is 1. The molecule has 0 saturated heterocycles. The summed E-state index contributed by atoms with van der Waals surface area (Å²) >= 11 is 0. The molecule has 0 aliphatic rings. The number of halogens is 3. The number of carbonyl (C=O) groups is 2. The van der Waals surface area contributed by atoms with Crippen molar-refractivity contribution in [3.63, 3.8) is 0 Å². The number of hydrogen-bond acceptors (Lipinski definition) is 3. The fourth-order valence-electron chi connectivity index (χ4n) is 1.44. The summed E-state index contributed by atoms with van der Waals surface area (Å²) in [6.45, 7) is 4.17. The number of hydrogen-bond donors (Lipinski definition) is 2. The van der Waals surface area contributed by atoms with E-state index in [4.69, 9.17) is 0 Å². The fourth-order valence-corrected chi connectivity index (χ4v) is 1.44. The molecule has 0 fully saturated rings. The lowest BCUT2D eigenvalue weighted by molar-refractivity contribution is -0.139. The predicted molar refractivity (Wildman–Crippen MR) is 73.6 cm³/mol. The molecule has 1 atom stereocenters. The van der Waals surface area contributed by atoms with E-state index in [9.17, 15) is 22.8 Å².